The van der Waals surface area contributed by atoms with Crippen LogP contribution in [0.2, 0.25) is 0 Å². The Hall–Kier alpha value is -1.83. The molecular formula is C18H24F3NO4. The summed E-state index contributed by atoms with van der Waals surface area (Å²) in [4.78, 5) is 15.6. The fourth-order valence-electron chi connectivity index (χ4n) is 3.09. The lowest BCUT2D eigenvalue weighted by Gasteiger charge is -2.23. The first-order chi connectivity index (χ1) is 12.0. The minimum Gasteiger partial charge on any atom is -0.481 e. The lowest BCUT2D eigenvalue weighted by atomic mass is 9.96. The number of alkyl halides is 3. The van der Waals surface area contributed by atoms with Crippen LogP contribution in [0.4, 0.5) is 13.2 Å². The maximum absolute atomic E-state index is 13.2. The summed E-state index contributed by atoms with van der Waals surface area (Å²) in [6.07, 6.45) is -1.38. The van der Waals surface area contributed by atoms with Crippen molar-refractivity contribution in [2.45, 2.75) is 63.8 Å². The van der Waals surface area contributed by atoms with Gasteiger partial charge in [-0.05, 0) is 45.2 Å². The van der Waals surface area contributed by atoms with E-state index in [-0.39, 0.29) is 18.6 Å². The van der Waals surface area contributed by atoms with Gasteiger partial charge in [0.1, 0.15) is 17.8 Å². The Kier molecular flexibility index (Phi) is 6.16. The number of rotatable bonds is 5. The molecule has 1 aromatic heterocycles. The first-order valence-corrected chi connectivity index (χ1v) is 8.46. The van der Waals surface area contributed by atoms with E-state index in [0.29, 0.717) is 18.4 Å². The van der Waals surface area contributed by atoms with Gasteiger partial charge in [-0.3, -0.25) is 0 Å². The molecule has 146 valence electrons. The highest BCUT2D eigenvalue weighted by atomic mass is 19.4. The number of carbonyl (C=O) groups excluding carboxylic acids is 1. The zero-order valence-corrected chi connectivity index (χ0v) is 15.4. The van der Waals surface area contributed by atoms with Gasteiger partial charge in [-0.15, -0.1) is 0 Å². The van der Waals surface area contributed by atoms with Crippen LogP contribution in [0, 0.1) is 0 Å². The van der Waals surface area contributed by atoms with E-state index in [1.165, 1.54) is 6.20 Å². The van der Waals surface area contributed by atoms with E-state index in [9.17, 15) is 18.0 Å². The van der Waals surface area contributed by atoms with E-state index in [1.54, 1.807) is 20.8 Å². The molecule has 2 atom stereocenters. The largest absolute Gasteiger partial charge is 0.481 e. The Bertz CT molecular complexity index is 640. The number of esters is 1. The summed E-state index contributed by atoms with van der Waals surface area (Å²) in [6.45, 7) is 5.04. The normalized spacial score (nSPS) is 20.9. The number of hydrogen-bond donors (Lipinski definition) is 0. The van der Waals surface area contributed by atoms with Crippen LogP contribution >= 0.6 is 0 Å². The zero-order chi connectivity index (χ0) is 19.5. The summed E-state index contributed by atoms with van der Waals surface area (Å²) in [5, 5.41) is 0. The van der Waals surface area contributed by atoms with Gasteiger partial charge in [0.2, 0.25) is 5.88 Å². The van der Waals surface area contributed by atoms with Gasteiger partial charge in [-0.2, -0.15) is 13.2 Å². The van der Waals surface area contributed by atoms with Crippen molar-refractivity contribution < 1.29 is 32.2 Å². The Morgan fingerprint density at radius 1 is 1.27 bits per heavy atom. The van der Waals surface area contributed by atoms with Crippen molar-refractivity contribution in [2.75, 3.05) is 13.7 Å². The van der Waals surface area contributed by atoms with Gasteiger partial charge < -0.3 is 14.2 Å². The second-order valence-corrected chi connectivity index (χ2v) is 7.30. The molecule has 0 bridgehead atoms. The SMILES string of the molecule is COc1ncc(C2CCCC2OCC(=O)OC(C)(C)C)cc1C(F)(F)F. The number of nitrogens with zero attached hydrogens (tertiary/aromatic N) is 1. The smallest absolute Gasteiger partial charge is 0.421 e. The molecule has 0 saturated heterocycles. The Morgan fingerprint density at radius 3 is 2.54 bits per heavy atom. The molecule has 0 aliphatic heterocycles. The molecule has 5 nitrogen and oxygen atoms in total. The molecule has 1 saturated carbocycles. The van der Waals surface area contributed by atoms with E-state index < -0.39 is 29.2 Å². The number of methoxy groups -OCH3 is 1. The quantitative estimate of drug-likeness (QED) is 0.725. The third-order valence-corrected chi connectivity index (χ3v) is 4.09. The topological polar surface area (TPSA) is 57.7 Å². The van der Waals surface area contributed by atoms with Crippen LogP contribution in [0.1, 0.15) is 57.1 Å². The van der Waals surface area contributed by atoms with Gasteiger partial charge in [0, 0.05) is 12.1 Å². The van der Waals surface area contributed by atoms with E-state index >= 15 is 0 Å². The molecule has 0 radical (unpaired) electrons. The van der Waals surface area contributed by atoms with Gasteiger partial charge in [0.05, 0.1) is 13.2 Å². The van der Waals surface area contributed by atoms with Crippen LogP contribution < -0.4 is 4.74 Å². The van der Waals surface area contributed by atoms with Crippen LogP contribution in [0.25, 0.3) is 0 Å². The van der Waals surface area contributed by atoms with Gasteiger partial charge >= 0.3 is 12.1 Å². The predicted molar refractivity (Wildman–Crippen MR) is 88.0 cm³/mol. The summed E-state index contributed by atoms with van der Waals surface area (Å²) in [5.74, 6) is -1.20. The predicted octanol–water partition coefficient (Wildman–Crippen LogP) is 4.10. The fraction of sp³-hybridized carbons (Fsp3) is 0.667. The van der Waals surface area contributed by atoms with Crippen molar-refractivity contribution >= 4 is 5.97 Å². The third-order valence-electron chi connectivity index (χ3n) is 4.09. The molecule has 1 aliphatic rings. The number of ether oxygens (including phenoxy) is 3. The summed E-state index contributed by atoms with van der Waals surface area (Å²) in [7, 11) is 1.15. The highest BCUT2D eigenvalue weighted by Crippen LogP contribution is 2.41. The van der Waals surface area contributed by atoms with Gasteiger partial charge in [-0.25, -0.2) is 9.78 Å². The summed E-state index contributed by atoms with van der Waals surface area (Å²) < 4.78 is 55.1. The van der Waals surface area contributed by atoms with Crippen LogP contribution in [0.15, 0.2) is 12.3 Å². The van der Waals surface area contributed by atoms with Crippen LogP contribution in [0.5, 0.6) is 5.88 Å². The molecule has 26 heavy (non-hydrogen) atoms. The average Bonchev–Trinajstić information content (AvgIpc) is 2.98. The Balaban J connectivity index is 2.11. The maximum Gasteiger partial charge on any atom is 0.421 e. The van der Waals surface area contributed by atoms with E-state index in [1.807, 2.05) is 0 Å². The molecule has 0 aromatic carbocycles. The summed E-state index contributed by atoms with van der Waals surface area (Å²) in [6, 6.07) is 1.06. The zero-order valence-electron chi connectivity index (χ0n) is 15.4. The first-order valence-electron chi connectivity index (χ1n) is 8.46. The monoisotopic (exact) mass is 375 g/mol. The summed E-state index contributed by atoms with van der Waals surface area (Å²) in [5.41, 5.74) is -1.09. The van der Waals surface area contributed by atoms with E-state index in [2.05, 4.69) is 4.98 Å². The molecule has 1 fully saturated rings. The number of aromatic nitrogens is 1. The van der Waals surface area contributed by atoms with Crippen molar-refractivity contribution in [3.8, 4) is 5.88 Å². The molecule has 8 heteroatoms. The fourth-order valence-corrected chi connectivity index (χ4v) is 3.09. The van der Waals surface area contributed by atoms with E-state index in [0.717, 1.165) is 19.6 Å². The molecule has 2 rings (SSSR count). The number of carbonyl (C=O) groups is 1. The molecular weight excluding hydrogens is 351 g/mol. The highest BCUT2D eigenvalue weighted by molar-refractivity contribution is 5.71. The first kappa shape index (κ1) is 20.5. The number of hydrogen-bond acceptors (Lipinski definition) is 5. The highest BCUT2D eigenvalue weighted by Gasteiger charge is 2.38. The van der Waals surface area contributed by atoms with Crippen molar-refractivity contribution in [1.29, 1.82) is 0 Å². The maximum atomic E-state index is 13.2. The van der Waals surface area contributed by atoms with Crippen molar-refractivity contribution in [2.24, 2.45) is 0 Å². The number of halogens is 3. The van der Waals surface area contributed by atoms with Gasteiger partial charge in [0.25, 0.3) is 0 Å². The summed E-state index contributed by atoms with van der Waals surface area (Å²) >= 11 is 0. The van der Waals surface area contributed by atoms with Crippen LogP contribution in [-0.4, -0.2) is 36.4 Å². The van der Waals surface area contributed by atoms with Crippen molar-refractivity contribution in [1.82, 2.24) is 4.98 Å². The van der Waals surface area contributed by atoms with Crippen LogP contribution in [0.3, 0.4) is 0 Å². The van der Waals surface area contributed by atoms with Crippen molar-refractivity contribution in [3.05, 3.63) is 23.4 Å². The molecule has 2 unspecified atom stereocenters. The molecule has 0 amide bonds. The minimum absolute atomic E-state index is 0.228. The molecule has 1 aliphatic carbocycles. The average molecular weight is 375 g/mol. The Morgan fingerprint density at radius 2 is 1.96 bits per heavy atom. The molecule has 0 spiro atoms. The second-order valence-electron chi connectivity index (χ2n) is 7.30. The number of pyridine rings is 1. The van der Waals surface area contributed by atoms with Gasteiger partial charge in [-0.1, -0.05) is 6.42 Å². The Labute approximate surface area is 150 Å². The standard InChI is InChI=1S/C18H24F3NO4/c1-17(2,3)26-15(23)10-25-14-7-5-6-12(14)11-8-13(18(19,20)21)16(24-4)22-9-11/h8-9,12,14H,5-7,10H2,1-4H3. The van der Waals surface area contributed by atoms with Gasteiger partial charge in [0.15, 0.2) is 0 Å². The van der Waals surface area contributed by atoms with Crippen molar-refractivity contribution in [3.63, 3.8) is 0 Å². The second kappa shape index (κ2) is 7.82. The lowest BCUT2D eigenvalue weighted by Crippen LogP contribution is -2.29. The molecule has 1 aromatic rings. The minimum atomic E-state index is -4.56. The van der Waals surface area contributed by atoms with Crippen LogP contribution in [-0.2, 0) is 20.4 Å². The third kappa shape index (κ3) is 5.33. The molecule has 0 N–H and O–H groups in total. The van der Waals surface area contributed by atoms with E-state index in [4.69, 9.17) is 14.2 Å². The lowest BCUT2D eigenvalue weighted by molar-refractivity contribution is -0.162. The molecule has 1 heterocycles.